The lowest BCUT2D eigenvalue weighted by atomic mass is 9.94. The van der Waals surface area contributed by atoms with Gasteiger partial charge >= 0.3 is 0 Å². The first-order chi connectivity index (χ1) is 10.1. The van der Waals surface area contributed by atoms with Gasteiger partial charge in [0.05, 0.1) is 5.92 Å². The number of carbonyl (C=O) groups excluding carboxylic acids is 1. The predicted octanol–water partition coefficient (Wildman–Crippen LogP) is 3.64. The monoisotopic (exact) mass is 300 g/mol. The first kappa shape index (κ1) is 14.1. The van der Waals surface area contributed by atoms with Crippen LogP contribution in [0, 0.1) is 0 Å². The Labute approximate surface area is 129 Å². The van der Waals surface area contributed by atoms with Crippen molar-refractivity contribution in [3.05, 3.63) is 64.2 Å². The molecule has 1 heterocycles. The van der Waals surface area contributed by atoms with Crippen LogP contribution in [0.4, 0.5) is 5.69 Å². The third kappa shape index (κ3) is 2.67. The zero-order valence-corrected chi connectivity index (χ0v) is 12.5. The molecule has 1 amide bonds. The fourth-order valence-corrected chi connectivity index (χ4v) is 3.01. The van der Waals surface area contributed by atoms with Crippen molar-refractivity contribution in [2.45, 2.75) is 25.3 Å². The van der Waals surface area contributed by atoms with E-state index in [2.05, 4.69) is 5.32 Å². The van der Waals surface area contributed by atoms with Gasteiger partial charge in [-0.05, 0) is 42.2 Å². The number of nitrogens with two attached hydrogens (primary N) is 1. The normalized spacial score (nSPS) is 18.2. The van der Waals surface area contributed by atoms with Gasteiger partial charge in [-0.1, -0.05) is 41.9 Å². The lowest BCUT2D eigenvalue weighted by Crippen LogP contribution is -2.16. The Morgan fingerprint density at radius 1 is 1.29 bits per heavy atom. The van der Waals surface area contributed by atoms with Crippen molar-refractivity contribution in [3.8, 4) is 0 Å². The number of amides is 1. The van der Waals surface area contributed by atoms with E-state index in [4.69, 9.17) is 17.3 Å². The molecule has 3 N–H and O–H groups in total. The van der Waals surface area contributed by atoms with Crippen LogP contribution in [0.1, 0.15) is 35.6 Å². The Balaban J connectivity index is 1.96. The molecular weight excluding hydrogens is 284 g/mol. The molecule has 2 unspecified atom stereocenters. The van der Waals surface area contributed by atoms with Gasteiger partial charge in [0, 0.05) is 16.8 Å². The average molecular weight is 301 g/mol. The summed E-state index contributed by atoms with van der Waals surface area (Å²) in [5, 5.41) is 3.55. The molecule has 0 saturated carbocycles. The van der Waals surface area contributed by atoms with E-state index in [1.807, 2.05) is 49.4 Å². The van der Waals surface area contributed by atoms with Gasteiger partial charge in [0.15, 0.2) is 0 Å². The standard InChI is InChI=1S/C17H17ClN2O/c1-10-13-8-12(18)9-14(16(13)20-17(10)21)15(19)7-11-5-3-2-4-6-11/h2-6,8-10,15H,7,19H2,1H3,(H,20,21). The second-order valence-corrected chi connectivity index (χ2v) is 5.90. The minimum Gasteiger partial charge on any atom is -0.325 e. The van der Waals surface area contributed by atoms with Gasteiger partial charge in [-0.3, -0.25) is 4.79 Å². The van der Waals surface area contributed by atoms with Crippen molar-refractivity contribution in [3.63, 3.8) is 0 Å². The van der Waals surface area contributed by atoms with E-state index < -0.39 is 0 Å². The van der Waals surface area contributed by atoms with Crippen LogP contribution < -0.4 is 11.1 Å². The summed E-state index contributed by atoms with van der Waals surface area (Å²) >= 11 is 6.19. The maximum Gasteiger partial charge on any atom is 0.231 e. The summed E-state index contributed by atoms with van der Waals surface area (Å²) < 4.78 is 0. The molecule has 1 aliphatic heterocycles. The molecule has 4 heteroatoms. The summed E-state index contributed by atoms with van der Waals surface area (Å²) in [6.07, 6.45) is 0.706. The van der Waals surface area contributed by atoms with E-state index >= 15 is 0 Å². The first-order valence-corrected chi connectivity index (χ1v) is 7.37. The van der Waals surface area contributed by atoms with Gasteiger partial charge in [-0.15, -0.1) is 0 Å². The summed E-state index contributed by atoms with van der Waals surface area (Å²) in [6.45, 7) is 1.88. The van der Waals surface area contributed by atoms with Gasteiger partial charge in [0.1, 0.15) is 0 Å². The topological polar surface area (TPSA) is 55.1 Å². The number of benzene rings is 2. The Morgan fingerprint density at radius 2 is 2.00 bits per heavy atom. The van der Waals surface area contributed by atoms with Crippen LogP contribution in [-0.4, -0.2) is 5.91 Å². The van der Waals surface area contributed by atoms with Crippen molar-refractivity contribution in [2.24, 2.45) is 5.73 Å². The predicted molar refractivity (Wildman–Crippen MR) is 85.6 cm³/mol. The second-order valence-electron chi connectivity index (χ2n) is 5.47. The highest BCUT2D eigenvalue weighted by Gasteiger charge is 2.30. The SMILES string of the molecule is CC1C(=O)Nc2c(C(N)Cc3ccccc3)cc(Cl)cc21. The van der Waals surface area contributed by atoms with Gasteiger partial charge in [0.2, 0.25) is 5.91 Å². The van der Waals surface area contributed by atoms with Crippen molar-refractivity contribution in [1.82, 2.24) is 0 Å². The fourth-order valence-electron chi connectivity index (χ4n) is 2.78. The summed E-state index contributed by atoms with van der Waals surface area (Å²) in [5.41, 5.74) is 10.2. The fraction of sp³-hybridized carbons (Fsp3) is 0.235. The maximum atomic E-state index is 11.9. The highest BCUT2D eigenvalue weighted by Crippen LogP contribution is 2.39. The molecule has 0 spiro atoms. The Hall–Kier alpha value is -1.84. The van der Waals surface area contributed by atoms with Crippen LogP contribution in [0.25, 0.3) is 0 Å². The number of hydrogen-bond donors (Lipinski definition) is 2. The molecule has 1 aliphatic rings. The number of nitrogens with one attached hydrogen (secondary N) is 1. The third-order valence-corrected chi connectivity index (χ3v) is 4.19. The highest BCUT2D eigenvalue weighted by molar-refractivity contribution is 6.31. The number of hydrogen-bond acceptors (Lipinski definition) is 2. The summed E-state index contributed by atoms with van der Waals surface area (Å²) in [4.78, 5) is 11.9. The zero-order valence-electron chi connectivity index (χ0n) is 11.8. The third-order valence-electron chi connectivity index (χ3n) is 3.97. The van der Waals surface area contributed by atoms with Crippen molar-refractivity contribution in [2.75, 3.05) is 5.32 Å². The van der Waals surface area contributed by atoms with Crippen LogP contribution in [0.3, 0.4) is 0 Å². The second kappa shape index (κ2) is 5.51. The van der Waals surface area contributed by atoms with Crippen LogP contribution in [-0.2, 0) is 11.2 Å². The number of carbonyl (C=O) groups is 1. The van der Waals surface area contributed by atoms with E-state index in [9.17, 15) is 4.79 Å². The molecule has 3 rings (SSSR count). The zero-order chi connectivity index (χ0) is 15.0. The minimum atomic E-state index is -0.203. The van der Waals surface area contributed by atoms with E-state index in [-0.39, 0.29) is 17.9 Å². The number of anilines is 1. The Morgan fingerprint density at radius 3 is 2.71 bits per heavy atom. The summed E-state index contributed by atoms with van der Waals surface area (Å²) in [6, 6.07) is 13.6. The Kier molecular flexibility index (Phi) is 3.70. The molecular formula is C17H17ClN2O. The van der Waals surface area contributed by atoms with E-state index in [0.29, 0.717) is 11.4 Å². The Bertz CT molecular complexity index is 685. The smallest absolute Gasteiger partial charge is 0.231 e. The molecule has 0 radical (unpaired) electrons. The van der Waals surface area contributed by atoms with Crippen molar-refractivity contribution >= 4 is 23.2 Å². The van der Waals surface area contributed by atoms with E-state index in [0.717, 1.165) is 22.4 Å². The van der Waals surface area contributed by atoms with Crippen molar-refractivity contribution in [1.29, 1.82) is 0 Å². The van der Waals surface area contributed by atoms with Crippen LogP contribution in [0.2, 0.25) is 5.02 Å². The molecule has 0 bridgehead atoms. The quantitative estimate of drug-likeness (QED) is 0.909. The first-order valence-electron chi connectivity index (χ1n) is 7.00. The number of rotatable bonds is 3. The van der Waals surface area contributed by atoms with E-state index in [1.165, 1.54) is 0 Å². The van der Waals surface area contributed by atoms with Gasteiger partial charge in [0.25, 0.3) is 0 Å². The minimum absolute atomic E-state index is 0.000396. The van der Waals surface area contributed by atoms with Crippen LogP contribution in [0.5, 0.6) is 0 Å². The number of halogens is 1. The number of fused-ring (bicyclic) bond motifs is 1. The molecule has 0 aliphatic carbocycles. The molecule has 2 aromatic rings. The maximum absolute atomic E-state index is 11.9. The molecule has 0 aromatic heterocycles. The molecule has 2 atom stereocenters. The van der Waals surface area contributed by atoms with Gasteiger partial charge < -0.3 is 11.1 Å². The van der Waals surface area contributed by atoms with Crippen LogP contribution in [0.15, 0.2) is 42.5 Å². The average Bonchev–Trinajstić information content (AvgIpc) is 2.75. The lowest BCUT2D eigenvalue weighted by Gasteiger charge is -2.17. The van der Waals surface area contributed by atoms with Gasteiger partial charge in [-0.25, -0.2) is 0 Å². The van der Waals surface area contributed by atoms with Crippen molar-refractivity contribution < 1.29 is 4.79 Å². The molecule has 3 nitrogen and oxygen atoms in total. The molecule has 2 aromatic carbocycles. The summed E-state index contributed by atoms with van der Waals surface area (Å²) in [5.74, 6) is -0.179. The van der Waals surface area contributed by atoms with Crippen LogP contribution >= 0.6 is 11.6 Å². The molecule has 21 heavy (non-hydrogen) atoms. The van der Waals surface area contributed by atoms with Gasteiger partial charge in [-0.2, -0.15) is 0 Å². The molecule has 0 fully saturated rings. The molecule has 108 valence electrons. The highest BCUT2D eigenvalue weighted by atomic mass is 35.5. The largest absolute Gasteiger partial charge is 0.325 e. The lowest BCUT2D eigenvalue weighted by molar-refractivity contribution is -0.116. The summed E-state index contributed by atoms with van der Waals surface area (Å²) in [7, 11) is 0. The van der Waals surface area contributed by atoms with E-state index in [1.54, 1.807) is 0 Å². The molecule has 0 saturated heterocycles.